The number of hydrogen-bond donors (Lipinski definition) is 1. The van der Waals surface area contributed by atoms with Crippen LogP contribution in [0.4, 0.5) is 9.59 Å². The van der Waals surface area contributed by atoms with Crippen LogP contribution in [0, 0.1) is 0 Å². The van der Waals surface area contributed by atoms with Crippen LogP contribution in [0.25, 0.3) is 21.0 Å². The molecule has 8 nitrogen and oxygen atoms in total. The van der Waals surface area contributed by atoms with Gasteiger partial charge in [0.25, 0.3) is 0 Å². The van der Waals surface area contributed by atoms with E-state index in [9.17, 15) is 9.59 Å². The lowest BCUT2D eigenvalue weighted by molar-refractivity contribution is 0.0170. The van der Waals surface area contributed by atoms with Gasteiger partial charge < -0.3 is 24.3 Å². The zero-order chi connectivity index (χ0) is 22.0. The van der Waals surface area contributed by atoms with Gasteiger partial charge in [0, 0.05) is 26.2 Å². The second-order valence-electron chi connectivity index (χ2n) is 8.37. The third kappa shape index (κ3) is 5.16. The number of benzene rings is 1. The highest BCUT2D eigenvalue weighted by molar-refractivity contribution is 7.21. The molecule has 0 saturated carbocycles. The smallest absolute Gasteiger partial charge is 0.410 e. The second-order valence-corrected chi connectivity index (χ2v) is 9.40. The third-order valence-electron chi connectivity index (χ3n) is 4.80. The van der Waals surface area contributed by atoms with Gasteiger partial charge in [-0.1, -0.05) is 12.1 Å². The molecule has 1 aliphatic heterocycles. The fourth-order valence-electron chi connectivity index (χ4n) is 3.26. The van der Waals surface area contributed by atoms with E-state index in [-0.39, 0.29) is 18.7 Å². The number of carbonyl (C=O) groups is 2. The molecule has 31 heavy (non-hydrogen) atoms. The molecule has 0 radical (unpaired) electrons. The van der Waals surface area contributed by atoms with Crippen molar-refractivity contribution >= 4 is 33.7 Å². The first-order chi connectivity index (χ1) is 14.8. The van der Waals surface area contributed by atoms with E-state index in [4.69, 9.17) is 9.15 Å². The van der Waals surface area contributed by atoms with Gasteiger partial charge in [-0.05, 0) is 45.0 Å². The molecule has 0 unspecified atom stereocenters. The Morgan fingerprint density at radius 2 is 1.81 bits per heavy atom. The Labute approximate surface area is 184 Å². The summed E-state index contributed by atoms with van der Waals surface area (Å²) in [6.45, 7) is 7.62. The Bertz CT molecular complexity index is 1040. The maximum atomic E-state index is 12.5. The van der Waals surface area contributed by atoms with Crippen molar-refractivity contribution in [2.45, 2.75) is 32.9 Å². The minimum Gasteiger partial charge on any atom is -0.457 e. The summed E-state index contributed by atoms with van der Waals surface area (Å²) in [4.78, 5) is 32.6. The van der Waals surface area contributed by atoms with Crippen molar-refractivity contribution in [3.63, 3.8) is 0 Å². The van der Waals surface area contributed by atoms with Gasteiger partial charge in [-0.3, -0.25) is 0 Å². The fraction of sp³-hybridized carbons (Fsp3) is 0.409. The standard InChI is InChI=1S/C22H26N4O4S/c1-22(2,3)30-21(28)26-12-10-25(11-13-26)20(27)23-14-15-8-9-17(29-15)19-24-16-6-4-5-7-18(16)31-19/h4-9H,10-14H2,1-3H3,(H,23,27). The van der Waals surface area contributed by atoms with Crippen LogP contribution in [0.5, 0.6) is 0 Å². The molecule has 3 aromatic rings. The number of nitrogens with zero attached hydrogens (tertiary/aromatic N) is 3. The van der Waals surface area contributed by atoms with Crippen molar-refractivity contribution in [1.82, 2.24) is 20.1 Å². The van der Waals surface area contributed by atoms with Crippen LogP contribution in [-0.2, 0) is 11.3 Å². The fourth-order valence-corrected chi connectivity index (χ4v) is 4.19. The van der Waals surface area contributed by atoms with Gasteiger partial charge in [0.1, 0.15) is 11.4 Å². The van der Waals surface area contributed by atoms with E-state index < -0.39 is 5.60 Å². The van der Waals surface area contributed by atoms with Crippen molar-refractivity contribution in [3.8, 4) is 10.8 Å². The first kappa shape index (κ1) is 21.2. The van der Waals surface area contributed by atoms with E-state index in [1.807, 2.05) is 57.2 Å². The minimum atomic E-state index is -0.529. The van der Waals surface area contributed by atoms with Crippen molar-refractivity contribution < 1.29 is 18.7 Å². The number of furan rings is 1. The summed E-state index contributed by atoms with van der Waals surface area (Å²) in [6, 6.07) is 11.5. The van der Waals surface area contributed by atoms with Crippen molar-refractivity contribution in [3.05, 3.63) is 42.2 Å². The number of para-hydroxylation sites is 1. The maximum absolute atomic E-state index is 12.5. The second kappa shape index (κ2) is 8.58. The molecule has 164 valence electrons. The number of amides is 3. The molecule has 4 rings (SSSR count). The van der Waals surface area contributed by atoms with Crippen molar-refractivity contribution in [2.24, 2.45) is 0 Å². The number of urea groups is 1. The summed E-state index contributed by atoms with van der Waals surface area (Å²) in [7, 11) is 0. The molecular weight excluding hydrogens is 416 g/mol. The van der Waals surface area contributed by atoms with E-state index in [2.05, 4.69) is 10.3 Å². The lowest BCUT2D eigenvalue weighted by atomic mass is 10.2. The zero-order valence-corrected chi connectivity index (χ0v) is 18.7. The van der Waals surface area contributed by atoms with E-state index in [0.717, 1.165) is 15.2 Å². The third-order valence-corrected chi connectivity index (χ3v) is 5.85. The molecule has 3 amide bonds. The molecule has 3 heterocycles. The molecule has 9 heteroatoms. The normalized spacial score (nSPS) is 14.7. The highest BCUT2D eigenvalue weighted by Gasteiger charge is 2.27. The number of thiazole rings is 1. The Morgan fingerprint density at radius 3 is 2.52 bits per heavy atom. The highest BCUT2D eigenvalue weighted by atomic mass is 32.1. The van der Waals surface area contributed by atoms with Crippen LogP contribution in [0.1, 0.15) is 26.5 Å². The lowest BCUT2D eigenvalue weighted by Crippen LogP contribution is -2.53. The lowest BCUT2D eigenvalue weighted by Gasteiger charge is -2.35. The number of hydrogen-bond acceptors (Lipinski definition) is 6. The molecule has 0 atom stereocenters. The predicted octanol–water partition coefficient (Wildman–Crippen LogP) is 4.32. The van der Waals surface area contributed by atoms with Gasteiger partial charge in [-0.15, -0.1) is 11.3 Å². The Kier molecular flexibility index (Phi) is 5.86. The summed E-state index contributed by atoms with van der Waals surface area (Å²) in [5.41, 5.74) is 0.415. The molecule has 2 aromatic heterocycles. The number of fused-ring (bicyclic) bond motifs is 1. The average Bonchev–Trinajstić information content (AvgIpc) is 3.37. The maximum Gasteiger partial charge on any atom is 0.410 e. The number of aromatic nitrogens is 1. The van der Waals surface area contributed by atoms with Gasteiger partial charge >= 0.3 is 12.1 Å². The quantitative estimate of drug-likeness (QED) is 0.653. The molecule has 0 spiro atoms. The number of carbonyl (C=O) groups excluding carboxylic acids is 2. The molecule has 1 aromatic carbocycles. The summed E-state index contributed by atoms with van der Waals surface area (Å²) in [6.07, 6.45) is -0.342. The largest absolute Gasteiger partial charge is 0.457 e. The van der Waals surface area contributed by atoms with E-state index in [1.54, 1.807) is 21.1 Å². The summed E-state index contributed by atoms with van der Waals surface area (Å²) >= 11 is 1.57. The zero-order valence-electron chi connectivity index (χ0n) is 17.9. The van der Waals surface area contributed by atoms with Crippen LogP contribution in [0.2, 0.25) is 0 Å². The molecule has 1 fully saturated rings. The van der Waals surface area contributed by atoms with Gasteiger partial charge in [0.2, 0.25) is 0 Å². The summed E-state index contributed by atoms with van der Waals surface area (Å²) in [5, 5.41) is 3.70. The monoisotopic (exact) mass is 442 g/mol. The number of piperazine rings is 1. The molecular formula is C22H26N4O4S. The Hall–Kier alpha value is -3.07. The van der Waals surface area contributed by atoms with Gasteiger partial charge in [-0.2, -0.15) is 0 Å². The van der Waals surface area contributed by atoms with Crippen molar-refractivity contribution in [1.29, 1.82) is 0 Å². The average molecular weight is 443 g/mol. The molecule has 1 saturated heterocycles. The Balaban J connectivity index is 1.27. The van der Waals surface area contributed by atoms with Crippen LogP contribution in [0.3, 0.4) is 0 Å². The summed E-state index contributed by atoms with van der Waals surface area (Å²) < 4.78 is 12.4. The van der Waals surface area contributed by atoms with E-state index in [1.165, 1.54) is 0 Å². The number of nitrogens with one attached hydrogen (secondary N) is 1. The number of rotatable bonds is 3. The van der Waals surface area contributed by atoms with Crippen LogP contribution < -0.4 is 5.32 Å². The van der Waals surface area contributed by atoms with Crippen LogP contribution in [-0.4, -0.2) is 58.7 Å². The van der Waals surface area contributed by atoms with Crippen molar-refractivity contribution in [2.75, 3.05) is 26.2 Å². The van der Waals surface area contributed by atoms with Gasteiger partial charge in [-0.25, -0.2) is 14.6 Å². The van der Waals surface area contributed by atoms with Gasteiger partial charge in [0.15, 0.2) is 10.8 Å². The van der Waals surface area contributed by atoms with Gasteiger partial charge in [0.05, 0.1) is 16.8 Å². The van der Waals surface area contributed by atoms with E-state index in [0.29, 0.717) is 37.7 Å². The predicted molar refractivity (Wildman–Crippen MR) is 119 cm³/mol. The highest BCUT2D eigenvalue weighted by Crippen LogP contribution is 2.31. The summed E-state index contributed by atoms with van der Waals surface area (Å²) in [5.74, 6) is 1.35. The van der Waals surface area contributed by atoms with Crippen LogP contribution in [0.15, 0.2) is 40.8 Å². The first-order valence-corrected chi connectivity index (χ1v) is 11.1. The Morgan fingerprint density at radius 1 is 1.10 bits per heavy atom. The van der Waals surface area contributed by atoms with E-state index >= 15 is 0 Å². The minimum absolute atomic E-state index is 0.179. The molecule has 0 aliphatic carbocycles. The SMILES string of the molecule is CC(C)(C)OC(=O)N1CCN(C(=O)NCc2ccc(-c3nc4ccccc4s3)o2)CC1. The molecule has 1 aliphatic rings. The molecule has 1 N–H and O–H groups in total. The van der Waals surface area contributed by atoms with Crippen LogP contribution >= 0.6 is 11.3 Å². The molecule has 0 bridgehead atoms. The number of ether oxygens (including phenoxy) is 1. The first-order valence-electron chi connectivity index (χ1n) is 10.2. The topological polar surface area (TPSA) is 87.9 Å².